The van der Waals surface area contributed by atoms with Gasteiger partial charge in [0, 0.05) is 22.3 Å². The average molecular weight is 148 g/mol. The van der Waals surface area contributed by atoms with Gasteiger partial charge in [-0.2, -0.15) is 0 Å². The molecule has 0 aliphatic rings. The Labute approximate surface area is 58.0 Å². The van der Waals surface area contributed by atoms with Crippen LogP contribution < -0.4 is 0 Å². The maximum absolute atomic E-state index is 10.7. The molecule has 0 heterocycles. The van der Waals surface area contributed by atoms with Crippen molar-refractivity contribution in [2.45, 2.75) is 6.92 Å². The zero-order valence-electron chi connectivity index (χ0n) is 5.59. The van der Waals surface area contributed by atoms with E-state index in [1.165, 1.54) is 0 Å². The molecule has 0 saturated heterocycles. The van der Waals surface area contributed by atoms with Crippen molar-refractivity contribution >= 4 is 10.8 Å². The summed E-state index contributed by atoms with van der Waals surface area (Å²) in [5.41, 5.74) is 0.904. The summed E-state index contributed by atoms with van der Waals surface area (Å²) in [7, 11) is -0.900. The molecule has 1 atom stereocenters. The van der Waals surface area contributed by atoms with E-state index in [1.54, 1.807) is 0 Å². The third-order valence-corrected chi connectivity index (χ3v) is 2.18. The molecule has 0 spiro atoms. The van der Waals surface area contributed by atoms with Crippen molar-refractivity contribution in [1.29, 1.82) is 0 Å². The maximum Gasteiger partial charge on any atom is 0.0546 e. The predicted octanol–water partition coefficient (Wildman–Crippen LogP) is 0.304. The summed E-state index contributed by atoms with van der Waals surface area (Å²) in [4.78, 5) is 0. The minimum atomic E-state index is -0.900. The number of hydrogen-bond donors (Lipinski definition) is 1. The lowest BCUT2D eigenvalue weighted by molar-refractivity contribution is 0.321. The van der Waals surface area contributed by atoms with Crippen LogP contribution in [-0.2, 0) is 10.8 Å². The van der Waals surface area contributed by atoms with Crippen LogP contribution in [-0.4, -0.2) is 27.4 Å². The number of rotatable bonds is 4. The molecular formula is C6H12O2S. The molecule has 0 aliphatic carbocycles. The van der Waals surface area contributed by atoms with Crippen molar-refractivity contribution in [3.05, 3.63) is 12.2 Å². The monoisotopic (exact) mass is 148 g/mol. The summed E-state index contributed by atoms with van der Waals surface area (Å²) in [6.07, 6.45) is 0. The van der Waals surface area contributed by atoms with E-state index in [4.69, 9.17) is 5.11 Å². The van der Waals surface area contributed by atoms with Gasteiger partial charge in [-0.25, -0.2) is 0 Å². The standard InChI is InChI=1S/C6H12O2S/c1-6(2)5-9(8)4-3-7/h7H,1,3-5H2,2H3. The Morgan fingerprint density at radius 1 is 1.78 bits per heavy atom. The van der Waals surface area contributed by atoms with E-state index in [9.17, 15) is 4.21 Å². The van der Waals surface area contributed by atoms with Crippen LogP contribution in [0.25, 0.3) is 0 Å². The van der Waals surface area contributed by atoms with Gasteiger partial charge in [0.2, 0.25) is 0 Å². The first kappa shape index (κ1) is 8.85. The summed E-state index contributed by atoms with van der Waals surface area (Å²) in [6.45, 7) is 5.43. The number of aliphatic hydroxyl groups is 1. The fraction of sp³-hybridized carbons (Fsp3) is 0.667. The van der Waals surface area contributed by atoms with E-state index < -0.39 is 10.8 Å². The Balaban J connectivity index is 3.39. The molecule has 0 aliphatic heterocycles. The molecule has 0 aromatic heterocycles. The molecule has 54 valence electrons. The Morgan fingerprint density at radius 2 is 2.33 bits per heavy atom. The fourth-order valence-corrected chi connectivity index (χ4v) is 1.35. The van der Waals surface area contributed by atoms with Crippen molar-refractivity contribution in [1.82, 2.24) is 0 Å². The molecule has 1 N–H and O–H groups in total. The van der Waals surface area contributed by atoms with Crippen LogP contribution >= 0.6 is 0 Å². The van der Waals surface area contributed by atoms with Gasteiger partial charge in [-0.05, 0) is 6.92 Å². The zero-order valence-corrected chi connectivity index (χ0v) is 6.41. The first-order valence-electron chi connectivity index (χ1n) is 2.77. The minimum Gasteiger partial charge on any atom is -0.395 e. The molecule has 2 nitrogen and oxygen atoms in total. The van der Waals surface area contributed by atoms with Crippen molar-refractivity contribution in [3.8, 4) is 0 Å². The van der Waals surface area contributed by atoms with Crippen LogP contribution in [0.4, 0.5) is 0 Å². The second kappa shape index (κ2) is 4.70. The van der Waals surface area contributed by atoms with E-state index in [0.29, 0.717) is 11.5 Å². The van der Waals surface area contributed by atoms with Crippen LogP contribution in [0.5, 0.6) is 0 Å². The highest BCUT2D eigenvalue weighted by molar-refractivity contribution is 7.85. The van der Waals surface area contributed by atoms with Gasteiger partial charge in [-0.15, -0.1) is 0 Å². The van der Waals surface area contributed by atoms with Crippen LogP contribution in [0.15, 0.2) is 12.2 Å². The highest BCUT2D eigenvalue weighted by atomic mass is 32.2. The van der Waals surface area contributed by atoms with E-state index in [-0.39, 0.29) is 6.61 Å². The highest BCUT2D eigenvalue weighted by Crippen LogP contribution is 1.91. The van der Waals surface area contributed by atoms with Crippen LogP contribution in [0.2, 0.25) is 0 Å². The summed E-state index contributed by atoms with van der Waals surface area (Å²) in [5, 5.41) is 8.33. The van der Waals surface area contributed by atoms with Gasteiger partial charge in [0.1, 0.15) is 0 Å². The topological polar surface area (TPSA) is 37.3 Å². The van der Waals surface area contributed by atoms with Gasteiger partial charge >= 0.3 is 0 Å². The van der Waals surface area contributed by atoms with Gasteiger partial charge in [0.05, 0.1) is 6.61 Å². The molecule has 0 saturated carbocycles. The Kier molecular flexibility index (Phi) is 4.62. The summed E-state index contributed by atoms with van der Waals surface area (Å²) in [5.74, 6) is 0.882. The molecule has 1 unspecified atom stereocenters. The van der Waals surface area contributed by atoms with Gasteiger partial charge in [0.15, 0.2) is 0 Å². The molecule has 0 radical (unpaired) electrons. The smallest absolute Gasteiger partial charge is 0.0546 e. The lowest BCUT2D eigenvalue weighted by Gasteiger charge is -1.96. The summed E-state index contributed by atoms with van der Waals surface area (Å²) < 4.78 is 10.7. The first-order valence-corrected chi connectivity index (χ1v) is 4.26. The Bertz CT molecular complexity index is 120. The second-order valence-electron chi connectivity index (χ2n) is 1.97. The first-order chi connectivity index (χ1) is 4.16. The summed E-state index contributed by atoms with van der Waals surface area (Å²) in [6, 6.07) is 0. The molecule has 9 heavy (non-hydrogen) atoms. The van der Waals surface area contributed by atoms with Gasteiger partial charge < -0.3 is 5.11 Å². The normalized spacial score (nSPS) is 13.1. The molecule has 0 amide bonds. The Hall–Kier alpha value is -0.150. The van der Waals surface area contributed by atoms with E-state index in [2.05, 4.69) is 6.58 Å². The van der Waals surface area contributed by atoms with Gasteiger partial charge in [0.25, 0.3) is 0 Å². The maximum atomic E-state index is 10.7. The molecule has 0 rings (SSSR count). The third-order valence-electron chi connectivity index (χ3n) is 0.726. The van der Waals surface area contributed by atoms with Gasteiger partial charge in [-0.1, -0.05) is 12.2 Å². The largest absolute Gasteiger partial charge is 0.395 e. The number of aliphatic hydroxyl groups excluding tert-OH is 1. The van der Waals surface area contributed by atoms with Crippen LogP contribution in [0, 0.1) is 0 Å². The average Bonchev–Trinajstić information content (AvgIpc) is 1.63. The number of hydrogen-bond acceptors (Lipinski definition) is 2. The van der Waals surface area contributed by atoms with Crippen LogP contribution in [0.1, 0.15) is 6.92 Å². The second-order valence-corrected chi connectivity index (χ2v) is 3.55. The summed E-state index contributed by atoms with van der Waals surface area (Å²) >= 11 is 0. The molecule has 0 bridgehead atoms. The molecule has 0 aromatic rings. The minimum absolute atomic E-state index is 0.000108. The van der Waals surface area contributed by atoms with Crippen molar-refractivity contribution in [3.63, 3.8) is 0 Å². The van der Waals surface area contributed by atoms with Crippen molar-refractivity contribution in [2.24, 2.45) is 0 Å². The van der Waals surface area contributed by atoms with E-state index in [0.717, 1.165) is 5.57 Å². The van der Waals surface area contributed by atoms with Gasteiger partial charge in [-0.3, -0.25) is 4.21 Å². The predicted molar refractivity (Wildman–Crippen MR) is 39.8 cm³/mol. The molecule has 3 heteroatoms. The van der Waals surface area contributed by atoms with Crippen molar-refractivity contribution < 1.29 is 9.32 Å². The van der Waals surface area contributed by atoms with Crippen LogP contribution in [0.3, 0.4) is 0 Å². The van der Waals surface area contributed by atoms with E-state index in [1.807, 2.05) is 6.92 Å². The third kappa shape index (κ3) is 5.73. The zero-order chi connectivity index (χ0) is 7.28. The lowest BCUT2D eigenvalue weighted by Crippen LogP contribution is -2.06. The molecule has 0 aromatic carbocycles. The fourth-order valence-electron chi connectivity index (χ4n) is 0.449. The highest BCUT2D eigenvalue weighted by Gasteiger charge is 1.96. The lowest BCUT2D eigenvalue weighted by atomic mass is 10.4. The SMILES string of the molecule is C=C(C)CS(=O)CCO. The van der Waals surface area contributed by atoms with E-state index >= 15 is 0 Å². The molecular weight excluding hydrogens is 136 g/mol. The Morgan fingerprint density at radius 3 is 2.67 bits per heavy atom. The van der Waals surface area contributed by atoms with Crippen molar-refractivity contribution in [2.75, 3.05) is 18.1 Å². The quantitative estimate of drug-likeness (QED) is 0.582. The molecule has 0 fully saturated rings.